The molecule has 2 aliphatic carbocycles. The number of esters is 2. The van der Waals surface area contributed by atoms with E-state index in [1.165, 1.54) is 36.3 Å². The second-order valence-corrected chi connectivity index (χ2v) is 8.24. The van der Waals surface area contributed by atoms with Gasteiger partial charge in [-0.3, -0.25) is 24.1 Å². The summed E-state index contributed by atoms with van der Waals surface area (Å²) >= 11 is 0. The highest BCUT2D eigenvalue weighted by atomic mass is 16.5. The first-order valence-electron chi connectivity index (χ1n) is 10.4. The van der Waals surface area contributed by atoms with Crippen molar-refractivity contribution in [1.29, 1.82) is 0 Å². The Morgan fingerprint density at radius 1 is 1.03 bits per heavy atom. The number of methoxy groups -OCH3 is 1. The molecule has 3 amide bonds. The van der Waals surface area contributed by atoms with E-state index in [0.717, 1.165) is 19.3 Å². The number of hydrogen-bond acceptors (Lipinski definition) is 7. The first kappa shape index (κ1) is 21.0. The summed E-state index contributed by atoms with van der Waals surface area (Å²) in [6.07, 6.45) is 2.82. The Hall–Kier alpha value is -3.23. The molecule has 1 aliphatic heterocycles. The SMILES string of the molecule is COC(=O)c1ccc(NC(=O)COC(=O)CCN2C(=O)[C@@H]3[C@H]4CC[C@@H](C4)[C@@H]3C2=O)cc1. The van der Waals surface area contributed by atoms with Crippen molar-refractivity contribution < 1.29 is 33.4 Å². The molecule has 31 heavy (non-hydrogen) atoms. The number of anilines is 1. The summed E-state index contributed by atoms with van der Waals surface area (Å²) in [6.45, 7) is -0.506. The molecule has 0 radical (unpaired) electrons. The van der Waals surface area contributed by atoms with Gasteiger partial charge in [-0.2, -0.15) is 0 Å². The van der Waals surface area contributed by atoms with Gasteiger partial charge in [0, 0.05) is 12.2 Å². The first-order valence-corrected chi connectivity index (χ1v) is 10.4. The molecule has 1 heterocycles. The highest BCUT2D eigenvalue weighted by Gasteiger charge is 2.60. The van der Waals surface area contributed by atoms with Crippen molar-refractivity contribution in [3.05, 3.63) is 29.8 Å². The monoisotopic (exact) mass is 428 g/mol. The molecular formula is C22H24N2O7. The van der Waals surface area contributed by atoms with Crippen molar-refractivity contribution in [2.75, 3.05) is 25.6 Å². The van der Waals surface area contributed by atoms with Crippen LogP contribution in [-0.2, 0) is 28.7 Å². The van der Waals surface area contributed by atoms with Crippen molar-refractivity contribution in [1.82, 2.24) is 4.90 Å². The maximum atomic E-state index is 12.6. The summed E-state index contributed by atoms with van der Waals surface area (Å²) in [5.74, 6) is -1.83. The van der Waals surface area contributed by atoms with Crippen LogP contribution in [0.3, 0.4) is 0 Å². The second kappa shape index (κ2) is 8.49. The number of amides is 3. The molecule has 1 N–H and O–H groups in total. The van der Waals surface area contributed by atoms with E-state index >= 15 is 0 Å². The van der Waals surface area contributed by atoms with Crippen LogP contribution in [-0.4, -0.2) is 54.8 Å². The quantitative estimate of drug-likeness (QED) is 0.515. The number of hydrogen-bond donors (Lipinski definition) is 1. The molecule has 3 aliphatic rings. The number of carbonyl (C=O) groups excluding carboxylic acids is 5. The zero-order valence-electron chi connectivity index (χ0n) is 17.2. The van der Waals surface area contributed by atoms with E-state index < -0.39 is 24.5 Å². The van der Waals surface area contributed by atoms with Gasteiger partial charge in [-0.25, -0.2) is 4.79 Å². The highest BCUT2D eigenvalue weighted by molar-refractivity contribution is 6.06. The molecule has 2 bridgehead atoms. The lowest BCUT2D eigenvalue weighted by Gasteiger charge is -2.19. The van der Waals surface area contributed by atoms with Gasteiger partial charge >= 0.3 is 11.9 Å². The van der Waals surface area contributed by atoms with Gasteiger partial charge in [0.15, 0.2) is 6.61 Å². The lowest BCUT2D eigenvalue weighted by molar-refractivity contribution is -0.149. The molecule has 164 valence electrons. The lowest BCUT2D eigenvalue weighted by atomic mass is 9.81. The maximum absolute atomic E-state index is 12.6. The van der Waals surface area contributed by atoms with Crippen molar-refractivity contribution in [3.8, 4) is 0 Å². The minimum atomic E-state index is -0.656. The second-order valence-electron chi connectivity index (χ2n) is 8.24. The van der Waals surface area contributed by atoms with Crippen LogP contribution in [0, 0.1) is 23.7 Å². The number of likely N-dealkylation sites (tertiary alicyclic amines) is 1. The summed E-state index contributed by atoms with van der Waals surface area (Å²) in [7, 11) is 1.28. The third kappa shape index (κ3) is 4.04. The largest absolute Gasteiger partial charge is 0.465 e. The molecule has 0 spiro atoms. The minimum Gasteiger partial charge on any atom is -0.465 e. The predicted molar refractivity (Wildman–Crippen MR) is 107 cm³/mol. The number of nitrogens with zero attached hydrogens (tertiary/aromatic N) is 1. The molecule has 9 nitrogen and oxygen atoms in total. The number of nitrogens with one attached hydrogen (secondary N) is 1. The van der Waals surface area contributed by atoms with Crippen LogP contribution >= 0.6 is 0 Å². The summed E-state index contributed by atoms with van der Waals surface area (Å²) < 4.78 is 9.56. The third-order valence-corrected chi connectivity index (χ3v) is 6.51. The van der Waals surface area contributed by atoms with Gasteiger partial charge in [-0.1, -0.05) is 0 Å². The molecule has 2 saturated carbocycles. The zero-order valence-corrected chi connectivity index (χ0v) is 17.2. The number of ether oxygens (including phenoxy) is 2. The molecule has 1 saturated heterocycles. The Balaban J connectivity index is 1.21. The number of fused-ring (bicyclic) bond motifs is 5. The van der Waals surface area contributed by atoms with Crippen LogP contribution < -0.4 is 5.32 Å². The van der Waals surface area contributed by atoms with Crippen molar-refractivity contribution in [2.24, 2.45) is 23.7 Å². The van der Waals surface area contributed by atoms with E-state index in [2.05, 4.69) is 10.1 Å². The molecule has 1 aromatic carbocycles. The van der Waals surface area contributed by atoms with Crippen LogP contribution in [0.25, 0.3) is 0 Å². The van der Waals surface area contributed by atoms with Gasteiger partial charge in [0.25, 0.3) is 5.91 Å². The van der Waals surface area contributed by atoms with Crippen LogP contribution in [0.2, 0.25) is 0 Å². The molecule has 0 unspecified atom stereocenters. The first-order chi connectivity index (χ1) is 14.9. The number of benzene rings is 1. The van der Waals surface area contributed by atoms with Crippen LogP contribution in [0.15, 0.2) is 24.3 Å². The summed E-state index contributed by atoms with van der Waals surface area (Å²) in [5, 5.41) is 2.55. The Morgan fingerprint density at radius 3 is 2.23 bits per heavy atom. The molecular weight excluding hydrogens is 404 g/mol. The van der Waals surface area contributed by atoms with E-state index in [4.69, 9.17) is 4.74 Å². The topological polar surface area (TPSA) is 119 Å². The fraction of sp³-hybridized carbons (Fsp3) is 0.500. The van der Waals surface area contributed by atoms with Crippen LogP contribution in [0.4, 0.5) is 5.69 Å². The summed E-state index contributed by atoms with van der Waals surface area (Å²) in [5.41, 5.74) is 0.776. The predicted octanol–water partition coefficient (Wildman–Crippen LogP) is 1.38. The van der Waals surface area contributed by atoms with Crippen LogP contribution in [0.5, 0.6) is 0 Å². The maximum Gasteiger partial charge on any atom is 0.337 e. The molecule has 9 heteroatoms. The Kier molecular flexibility index (Phi) is 5.75. The normalized spacial score (nSPS) is 26.0. The Morgan fingerprint density at radius 2 is 1.65 bits per heavy atom. The van der Waals surface area contributed by atoms with E-state index in [1.807, 2.05) is 0 Å². The van der Waals surface area contributed by atoms with Gasteiger partial charge in [-0.15, -0.1) is 0 Å². The Labute approximate surface area is 179 Å². The smallest absolute Gasteiger partial charge is 0.337 e. The number of carbonyl (C=O) groups is 5. The third-order valence-electron chi connectivity index (χ3n) is 6.51. The van der Waals surface area contributed by atoms with Crippen molar-refractivity contribution in [3.63, 3.8) is 0 Å². The molecule has 3 fully saturated rings. The summed E-state index contributed by atoms with van der Waals surface area (Å²) in [6, 6.07) is 6.05. The Bertz CT molecular complexity index is 898. The zero-order chi connectivity index (χ0) is 22.1. The summed E-state index contributed by atoms with van der Waals surface area (Å²) in [4.78, 5) is 61.8. The van der Waals surface area contributed by atoms with E-state index in [9.17, 15) is 24.0 Å². The molecule has 1 aromatic rings. The average Bonchev–Trinajstić information content (AvgIpc) is 3.45. The minimum absolute atomic E-state index is 0.0143. The van der Waals surface area contributed by atoms with E-state index in [1.54, 1.807) is 0 Å². The molecule has 0 aromatic heterocycles. The van der Waals surface area contributed by atoms with Crippen LogP contribution in [0.1, 0.15) is 36.0 Å². The lowest BCUT2D eigenvalue weighted by Crippen LogP contribution is -2.35. The van der Waals surface area contributed by atoms with Crippen molar-refractivity contribution in [2.45, 2.75) is 25.7 Å². The standard InChI is InChI=1S/C22H24N2O7/c1-30-22(29)12-4-6-15(7-5-12)23-16(25)11-31-17(26)8-9-24-20(27)18-13-2-3-14(10-13)19(18)21(24)28/h4-7,13-14,18-19H,2-3,8-11H2,1H3,(H,23,25)/t13-,14-,18-,19+/m0/s1. The van der Waals surface area contributed by atoms with Crippen molar-refractivity contribution >= 4 is 35.3 Å². The van der Waals surface area contributed by atoms with Gasteiger partial charge in [-0.05, 0) is 55.4 Å². The van der Waals surface area contributed by atoms with Gasteiger partial charge < -0.3 is 14.8 Å². The molecule has 4 atom stereocenters. The number of imide groups is 1. The highest BCUT2D eigenvalue weighted by Crippen LogP contribution is 2.56. The van der Waals surface area contributed by atoms with Gasteiger partial charge in [0.1, 0.15) is 0 Å². The fourth-order valence-electron chi connectivity index (χ4n) is 5.12. The molecule has 4 rings (SSSR count). The van der Waals surface area contributed by atoms with E-state index in [-0.39, 0.29) is 36.6 Å². The van der Waals surface area contributed by atoms with E-state index in [0.29, 0.717) is 23.1 Å². The fourth-order valence-corrected chi connectivity index (χ4v) is 5.12. The average molecular weight is 428 g/mol. The van der Waals surface area contributed by atoms with Gasteiger partial charge in [0.2, 0.25) is 11.8 Å². The van der Waals surface area contributed by atoms with Gasteiger partial charge in [0.05, 0.1) is 30.9 Å². The number of rotatable bonds is 7.